The molecule has 0 heterocycles. The van der Waals surface area contributed by atoms with Gasteiger partial charge in [0.2, 0.25) is 0 Å². The molecule has 0 bridgehead atoms. The molecular weight excluding hydrogens is 261 g/mol. The molecule has 2 aromatic rings. The molecule has 2 rings (SSSR count). The second-order valence-electron chi connectivity index (χ2n) is 4.86. The number of rotatable bonds is 3. The highest BCUT2D eigenvalue weighted by molar-refractivity contribution is 6.31. The number of nitrogens with two attached hydrogens (primary N) is 1. The molecule has 0 spiro atoms. The molecule has 0 saturated heterocycles. The standard InChI is InChI=1S/C16H17ClFN/c1-10-7-13(14(17)8-11(10)2)16(19)9-12-5-3-4-6-15(12)18/h3-8,16H,9,19H2,1-2H3. The van der Waals surface area contributed by atoms with Gasteiger partial charge in [0, 0.05) is 11.1 Å². The quantitative estimate of drug-likeness (QED) is 0.887. The maximum Gasteiger partial charge on any atom is 0.126 e. The Hall–Kier alpha value is -1.38. The Balaban J connectivity index is 2.28. The molecule has 3 heteroatoms. The molecule has 1 nitrogen and oxygen atoms in total. The Morgan fingerprint density at radius 2 is 1.79 bits per heavy atom. The minimum Gasteiger partial charge on any atom is -0.324 e. The summed E-state index contributed by atoms with van der Waals surface area (Å²) < 4.78 is 13.6. The van der Waals surface area contributed by atoms with Gasteiger partial charge in [0.25, 0.3) is 0 Å². The summed E-state index contributed by atoms with van der Waals surface area (Å²) in [4.78, 5) is 0. The fourth-order valence-electron chi connectivity index (χ4n) is 2.10. The molecule has 0 aliphatic carbocycles. The lowest BCUT2D eigenvalue weighted by molar-refractivity contribution is 0.593. The van der Waals surface area contributed by atoms with E-state index in [2.05, 4.69) is 0 Å². The van der Waals surface area contributed by atoms with E-state index in [9.17, 15) is 4.39 Å². The Kier molecular flexibility index (Phi) is 4.23. The molecule has 2 N–H and O–H groups in total. The third kappa shape index (κ3) is 3.14. The number of hydrogen-bond acceptors (Lipinski definition) is 1. The molecule has 19 heavy (non-hydrogen) atoms. The highest BCUT2D eigenvalue weighted by Crippen LogP contribution is 2.27. The highest BCUT2D eigenvalue weighted by Gasteiger charge is 2.14. The maximum atomic E-state index is 13.6. The zero-order valence-corrected chi connectivity index (χ0v) is 11.8. The monoisotopic (exact) mass is 277 g/mol. The van der Waals surface area contributed by atoms with Gasteiger partial charge < -0.3 is 5.73 Å². The summed E-state index contributed by atoms with van der Waals surface area (Å²) in [5.41, 5.74) is 9.92. The molecule has 1 atom stereocenters. The van der Waals surface area contributed by atoms with Crippen LogP contribution in [-0.4, -0.2) is 0 Å². The van der Waals surface area contributed by atoms with Crippen LogP contribution < -0.4 is 5.73 Å². The van der Waals surface area contributed by atoms with Crippen molar-refractivity contribution in [3.05, 3.63) is 69.5 Å². The second-order valence-corrected chi connectivity index (χ2v) is 5.27. The van der Waals surface area contributed by atoms with Gasteiger partial charge in [-0.3, -0.25) is 0 Å². The Labute approximate surface area is 118 Å². The van der Waals surface area contributed by atoms with Crippen molar-refractivity contribution in [1.82, 2.24) is 0 Å². The lowest BCUT2D eigenvalue weighted by atomic mass is 9.96. The van der Waals surface area contributed by atoms with E-state index in [0.29, 0.717) is 17.0 Å². The van der Waals surface area contributed by atoms with Crippen molar-refractivity contribution in [2.24, 2.45) is 5.73 Å². The predicted molar refractivity (Wildman–Crippen MR) is 78.0 cm³/mol. The molecule has 2 aromatic carbocycles. The van der Waals surface area contributed by atoms with E-state index in [-0.39, 0.29) is 11.9 Å². The van der Waals surface area contributed by atoms with Crippen molar-refractivity contribution in [1.29, 1.82) is 0 Å². The van der Waals surface area contributed by atoms with Gasteiger partial charge in [-0.15, -0.1) is 0 Å². The van der Waals surface area contributed by atoms with Crippen LogP contribution in [-0.2, 0) is 6.42 Å². The zero-order chi connectivity index (χ0) is 14.0. The van der Waals surface area contributed by atoms with Crippen LogP contribution in [0.5, 0.6) is 0 Å². The van der Waals surface area contributed by atoms with E-state index in [1.807, 2.05) is 32.0 Å². The summed E-state index contributed by atoms with van der Waals surface area (Å²) in [6.45, 7) is 4.03. The van der Waals surface area contributed by atoms with Gasteiger partial charge in [-0.25, -0.2) is 4.39 Å². The van der Waals surface area contributed by atoms with Gasteiger partial charge in [-0.1, -0.05) is 35.9 Å². The van der Waals surface area contributed by atoms with Crippen LogP contribution in [0.2, 0.25) is 5.02 Å². The van der Waals surface area contributed by atoms with Gasteiger partial charge in [-0.05, 0) is 54.7 Å². The molecule has 100 valence electrons. The van der Waals surface area contributed by atoms with Crippen molar-refractivity contribution < 1.29 is 4.39 Å². The average Bonchev–Trinajstić information content (AvgIpc) is 2.36. The van der Waals surface area contributed by atoms with Gasteiger partial charge in [0.05, 0.1) is 0 Å². The first-order chi connectivity index (χ1) is 8.99. The number of benzene rings is 2. The van der Waals surface area contributed by atoms with Crippen molar-refractivity contribution in [2.45, 2.75) is 26.3 Å². The first-order valence-corrected chi connectivity index (χ1v) is 6.62. The van der Waals surface area contributed by atoms with Crippen molar-refractivity contribution in [2.75, 3.05) is 0 Å². The van der Waals surface area contributed by atoms with Crippen LogP contribution in [0.25, 0.3) is 0 Å². The lowest BCUT2D eigenvalue weighted by Gasteiger charge is -2.16. The van der Waals surface area contributed by atoms with E-state index >= 15 is 0 Å². The normalized spacial score (nSPS) is 12.5. The lowest BCUT2D eigenvalue weighted by Crippen LogP contribution is -2.15. The molecule has 1 unspecified atom stereocenters. The number of aryl methyl sites for hydroxylation is 2. The first-order valence-electron chi connectivity index (χ1n) is 6.24. The van der Waals surface area contributed by atoms with E-state index in [1.165, 1.54) is 6.07 Å². The van der Waals surface area contributed by atoms with Crippen LogP contribution >= 0.6 is 11.6 Å². The average molecular weight is 278 g/mol. The van der Waals surface area contributed by atoms with Crippen LogP contribution in [0.3, 0.4) is 0 Å². The van der Waals surface area contributed by atoms with Crippen molar-refractivity contribution >= 4 is 11.6 Å². The van der Waals surface area contributed by atoms with Crippen LogP contribution in [0.15, 0.2) is 36.4 Å². The molecule has 0 fully saturated rings. The van der Waals surface area contributed by atoms with Crippen molar-refractivity contribution in [3.8, 4) is 0 Å². The SMILES string of the molecule is Cc1cc(Cl)c(C(N)Cc2ccccc2F)cc1C. The fourth-order valence-corrected chi connectivity index (χ4v) is 2.46. The Bertz CT molecular complexity index is 595. The molecule has 0 aliphatic rings. The smallest absolute Gasteiger partial charge is 0.126 e. The molecule has 0 aliphatic heterocycles. The molecule has 0 aromatic heterocycles. The molecular formula is C16H17ClFN. The van der Waals surface area contributed by atoms with Gasteiger partial charge in [0.1, 0.15) is 5.82 Å². The second kappa shape index (κ2) is 5.72. The first kappa shape index (κ1) is 14.0. The van der Waals surface area contributed by atoms with Crippen LogP contribution in [0.1, 0.15) is 28.3 Å². The summed E-state index contributed by atoms with van der Waals surface area (Å²) in [5, 5.41) is 0.645. The van der Waals surface area contributed by atoms with Crippen molar-refractivity contribution in [3.63, 3.8) is 0 Å². The Morgan fingerprint density at radius 3 is 2.47 bits per heavy atom. The summed E-state index contributed by atoms with van der Waals surface area (Å²) in [5.74, 6) is -0.224. The minimum absolute atomic E-state index is 0.224. The van der Waals surface area contributed by atoms with Crippen LogP contribution in [0, 0.1) is 19.7 Å². The summed E-state index contributed by atoms with van der Waals surface area (Å²) in [6, 6.07) is 10.3. The Morgan fingerprint density at radius 1 is 1.16 bits per heavy atom. The minimum atomic E-state index is -0.302. The van der Waals surface area contributed by atoms with E-state index in [4.69, 9.17) is 17.3 Å². The molecule has 0 radical (unpaired) electrons. The van der Waals surface area contributed by atoms with E-state index in [0.717, 1.165) is 16.7 Å². The van der Waals surface area contributed by atoms with E-state index < -0.39 is 0 Å². The fraction of sp³-hybridized carbons (Fsp3) is 0.250. The number of halogens is 2. The number of hydrogen-bond donors (Lipinski definition) is 1. The third-order valence-electron chi connectivity index (χ3n) is 3.41. The summed E-state index contributed by atoms with van der Waals surface area (Å²) in [6.07, 6.45) is 0.439. The zero-order valence-electron chi connectivity index (χ0n) is 11.1. The largest absolute Gasteiger partial charge is 0.324 e. The topological polar surface area (TPSA) is 26.0 Å². The predicted octanol–water partition coefficient (Wildman–Crippen LogP) is 4.34. The summed E-state index contributed by atoms with van der Waals surface area (Å²) >= 11 is 6.23. The molecule has 0 amide bonds. The van der Waals surface area contributed by atoms with Gasteiger partial charge >= 0.3 is 0 Å². The third-order valence-corrected chi connectivity index (χ3v) is 3.74. The van der Waals surface area contributed by atoms with Gasteiger partial charge in [0.15, 0.2) is 0 Å². The van der Waals surface area contributed by atoms with Crippen LogP contribution in [0.4, 0.5) is 4.39 Å². The van der Waals surface area contributed by atoms with E-state index in [1.54, 1.807) is 12.1 Å². The highest BCUT2D eigenvalue weighted by atomic mass is 35.5. The maximum absolute atomic E-state index is 13.6. The summed E-state index contributed by atoms with van der Waals surface area (Å²) in [7, 11) is 0. The van der Waals surface area contributed by atoms with Gasteiger partial charge in [-0.2, -0.15) is 0 Å². The molecule has 0 saturated carbocycles.